The first kappa shape index (κ1) is 13.4. The molecule has 0 aliphatic carbocycles. The number of likely N-dealkylation sites (N-methyl/N-ethyl adjacent to an activating group) is 1. The molecule has 4 heteroatoms. The van der Waals surface area contributed by atoms with Crippen LogP contribution in [0.4, 0.5) is 0 Å². The predicted octanol–water partition coefficient (Wildman–Crippen LogP) is 2.00. The maximum absolute atomic E-state index is 12.4. The molecule has 1 heterocycles. The Hall–Kier alpha value is -1.00. The van der Waals surface area contributed by atoms with E-state index in [-0.39, 0.29) is 5.91 Å². The van der Waals surface area contributed by atoms with Gasteiger partial charge < -0.3 is 9.80 Å². The number of carbonyl (C=O) groups excluding carboxylic acids is 1. The van der Waals surface area contributed by atoms with Crippen LogP contribution in [0.5, 0.6) is 0 Å². The summed E-state index contributed by atoms with van der Waals surface area (Å²) in [5.41, 5.74) is 0.731. The van der Waals surface area contributed by atoms with Gasteiger partial charge in [-0.15, -0.1) is 12.6 Å². The van der Waals surface area contributed by atoms with Crippen LogP contribution in [0.3, 0.4) is 0 Å². The zero-order valence-electron chi connectivity index (χ0n) is 11.1. The fraction of sp³-hybridized carbons (Fsp3) is 0.500. The highest BCUT2D eigenvalue weighted by molar-refractivity contribution is 7.80. The van der Waals surface area contributed by atoms with Gasteiger partial charge in [-0.05, 0) is 38.2 Å². The minimum Gasteiger partial charge on any atom is -0.337 e. The third-order valence-electron chi connectivity index (χ3n) is 3.62. The lowest BCUT2D eigenvalue weighted by Crippen LogP contribution is -2.35. The van der Waals surface area contributed by atoms with Gasteiger partial charge in [0.25, 0.3) is 5.91 Å². The van der Waals surface area contributed by atoms with E-state index in [0.29, 0.717) is 12.0 Å². The zero-order valence-corrected chi connectivity index (χ0v) is 12.0. The molecular weight excluding hydrogens is 244 g/mol. The monoisotopic (exact) mass is 264 g/mol. The molecule has 1 saturated heterocycles. The summed E-state index contributed by atoms with van der Waals surface area (Å²) >= 11 is 4.28. The minimum atomic E-state index is 0.113. The van der Waals surface area contributed by atoms with Crippen molar-refractivity contribution in [1.29, 1.82) is 0 Å². The van der Waals surface area contributed by atoms with Crippen LogP contribution in [0.15, 0.2) is 29.2 Å². The van der Waals surface area contributed by atoms with Crippen LogP contribution in [0, 0.1) is 5.92 Å². The number of amides is 1. The van der Waals surface area contributed by atoms with Gasteiger partial charge in [0.1, 0.15) is 0 Å². The van der Waals surface area contributed by atoms with E-state index < -0.39 is 0 Å². The van der Waals surface area contributed by atoms with Crippen LogP contribution in [0.2, 0.25) is 0 Å². The molecule has 1 aliphatic rings. The molecule has 1 fully saturated rings. The lowest BCUT2D eigenvalue weighted by atomic mass is 10.1. The van der Waals surface area contributed by atoms with Crippen LogP contribution in [-0.4, -0.2) is 48.9 Å². The first-order chi connectivity index (χ1) is 8.49. The van der Waals surface area contributed by atoms with Crippen LogP contribution in [0.1, 0.15) is 17.3 Å². The van der Waals surface area contributed by atoms with Crippen molar-refractivity contribution in [2.24, 2.45) is 5.92 Å². The lowest BCUT2D eigenvalue weighted by Gasteiger charge is -2.22. The summed E-state index contributed by atoms with van der Waals surface area (Å²) in [6.45, 7) is 3.84. The van der Waals surface area contributed by atoms with Gasteiger partial charge in [0.05, 0.1) is 0 Å². The number of rotatable bonds is 2. The second-order valence-corrected chi connectivity index (χ2v) is 5.79. The van der Waals surface area contributed by atoms with E-state index in [1.54, 1.807) is 0 Å². The predicted molar refractivity (Wildman–Crippen MR) is 76.2 cm³/mol. The van der Waals surface area contributed by atoms with Gasteiger partial charge >= 0.3 is 0 Å². The van der Waals surface area contributed by atoms with E-state index in [0.717, 1.165) is 23.5 Å². The molecule has 98 valence electrons. The fourth-order valence-electron chi connectivity index (χ4n) is 2.61. The van der Waals surface area contributed by atoms with Gasteiger partial charge in [-0.1, -0.05) is 13.0 Å². The van der Waals surface area contributed by atoms with Crippen molar-refractivity contribution in [2.75, 3.05) is 27.2 Å². The van der Waals surface area contributed by atoms with Gasteiger partial charge in [0, 0.05) is 29.6 Å². The number of thiol groups is 1. The van der Waals surface area contributed by atoms with Gasteiger partial charge in [0.15, 0.2) is 0 Å². The Labute approximate surface area is 114 Å². The third-order valence-corrected chi connectivity index (χ3v) is 3.89. The van der Waals surface area contributed by atoms with Crippen LogP contribution in [-0.2, 0) is 0 Å². The molecule has 0 aromatic heterocycles. The molecule has 1 aromatic carbocycles. The Morgan fingerprint density at radius 3 is 2.67 bits per heavy atom. The average Bonchev–Trinajstić information content (AvgIpc) is 2.70. The molecule has 0 bridgehead atoms. The van der Waals surface area contributed by atoms with Crippen LogP contribution >= 0.6 is 12.6 Å². The Morgan fingerprint density at radius 1 is 1.39 bits per heavy atom. The summed E-state index contributed by atoms with van der Waals surface area (Å²) in [6.07, 6.45) is 0. The molecule has 0 saturated carbocycles. The number of likely N-dealkylation sites (tertiary alicyclic amines) is 1. The molecular formula is C14H20N2OS. The average molecular weight is 264 g/mol. The summed E-state index contributed by atoms with van der Waals surface area (Å²) in [4.78, 5) is 17.4. The van der Waals surface area contributed by atoms with E-state index in [1.165, 1.54) is 0 Å². The summed E-state index contributed by atoms with van der Waals surface area (Å²) in [5.74, 6) is 0.630. The first-order valence-corrected chi connectivity index (χ1v) is 6.68. The topological polar surface area (TPSA) is 23.6 Å². The van der Waals surface area contributed by atoms with E-state index in [4.69, 9.17) is 0 Å². The minimum absolute atomic E-state index is 0.113. The highest BCUT2D eigenvalue weighted by Crippen LogP contribution is 2.22. The van der Waals surface area contributed by atoms with Gasteiger partial charge in [-0.2, -0.15) is 0 Å². The highest BCUT2D eigenvalue weighted by atomic mass is 32.1. The molecule has 1 amide bonds. The standard InChI is InChI=1S/C14H20N2OS/c1-10-8-16(9-13(10)15(2)3)14(17)11-5-4-6-12(18)7-11/h4-7,10,13,18H,8-9H2,1-3H3. The second-order valence-electron chi connectivity index (χ2n) is 5.27. The number of hydrogen-bond acceptors (Lipinski definition) is 3. The molecule has 0 N–H and O–H groups in total. The van der Waals surface area contributed by atoms with Crippen molar-refractivity contribution in [1.82, 2.24) is 9.80 Å². The Kier molecular flexibility index (Phi) is 3.97. The number of benzene rings is 1. The molecule has 0 spiro atoms. The highest BCUT2D eigenvalue weighted by Gasteiger charge is 2.33. The van der Waals surface area contributed by atoms with Crippen molar-refractivity contribution >= 4 is 18.5 Å². The van der Waals surface area contributed by atoms with Crippen molar-refractivity contribution in [3.8, 4) is 0 Å². The Morgan fingerprint density at radius 2 is 2.11 bits per heavy atom. The molecule has 1 aliphatic heterocycles. The van der Waals surface area contributed by atoms with Gasteiger partial charge in [-0.25, -0.2) is 0 Å². The van der Waals surface area contributed by atoms with Crippen molar-refractivity contribution in [2.45, 2.75) is 17.9 Å². The molecule has 0 radical (unpaired) electrons. The van der Waals surface area contributed by atoms with Crippen molar-refractivity contribution < 1.29 is 4.79 Å². The second kappa shape index (κ2) is 5.33. The molecule has 1 aromatic rings. The number of carbonyl (C=O) groups is 1. The molecule has 2 atom stereocenters. The van der Waals surface area contributed by atoms with E-state index >= 15 is 0 Å². The molecule has 18 heavy (non-hydrogen) atoms. The first-order valence-electron chi connectivity index (χ1n) is 6.23. The summed E-state index contributed by atoms with van der Waals surface area (Å²) in [5, 5.41) is 0. The SMILES string of the molecule is CC1CN(C(=O)c2cccc(S)c2)CC1N(C)C. The number of hydrogen-bond donors (Lipinski definition) is 1. The maximum atomic E-state index is 12.4. The van der Waals surface area contributed by atoms with E-state index in [1.807, 2.05) is 29.2 Å². The van der Waals surface area contributed by atoms with E-state index in [9.17, 15) is 4.79 Å². The summed E-state index contributed by atoms with van der Waals surface area (Å²) in [7, 11) is 4.15. The largest absolute Gasteiger partial charge is 0.337 e. The lowest BCUT2D eigenvalue weighted by molar-refractivity contribution is 0.0781. The fourth-order valence-corrected chi connectivity index (χ4v) is 2.83. The zero-order chi connectivity index (χ0) is 13.3. The summed E-state index contributed by atoms with van der Waals surface area (Å²) < 4.78 is 0. The maximum Gasteiger partial charge on any atom is 0.253 e. The Bertz CT molecular complexity index is 447. The quantitative estimate of drug-likeness (QED) is 0.826. The van der Waals surface area contributed by atoms with Crippen molar-refractivity contribution in [3.63, 3.8) is 0 Å². The van der Waals surface area contributed by atoms with Crippen LogP contribution < -0.4 is 0 Å². The molecule has 2 rings (SSSR count). The van der Waals surface area contributed by atoms with Crippen molar-refractivity contribution in [3.05, 3.63) is 29.8 Å². The number of nitrogens with zero attached hydrogens (tertiary/aromatic N) is 2. The van der Waals surface area contributed by atoms with E-state index in [2.05, 4.69) is 38.5 Å². The third kappa shape index (κ3) is 2.70. The van der Waals surface area contributed by atoms with Crippen LogP contribution in [0.25, 0.3) is 0 Å². The Balaban J connectivity index is 2.12. The summed E-state index contributed by atoms with van der Waals surface area (Å²) in [6, 6.07) is 7.90. The normalized spacial score (nSPS) is 23.7. The molecule has 3 nitrogen and oxygen atoms in total. The van der Waals surface area contributed by atoms with Gasteiger partial charge in [-0.3, -0.25) is 4.79 Å². The smallest absolute Gasteiger partial charge is 0.253 e. The van der Waals surface area contributed by atoms with Gasteiger partial charge in [0.2, 0.25) is 0 Å². The molecule has 2 unspecified atom stereocenters.